The Kier molecular flexibility index (Phi) is 4.24. The summed E-state index contributed by atoms with van der Waals surface area (Å²) < 4.78 is 3.81. The first-order valence-electron chi connectivity index (χ1n) is 11.0. The van der Waals surface area contributed by atoms with Gasteiger partial charge in [0.05, 0.1) is 11.3 Å². The number of amides is 1. The van der Waals surface area contributed by atoms with Gasteiger partial charge >= 0.3 is 0 Å². The Morgan fingerprint density at radius 3 is 2.84 bits per heavy atom. The summed E-state index contributed by atoms with van der Waals surface area (Å²) in [5.41, 5.74) is 5.06. The van der Waals surface area contributed by atoms with Gasteiger partial charge in [-0.05, 0) is 49.1 Å². The summed E-state index contributed by atoms with van der Waals surface area (Å²) in [6.45, 7) is 3.84. The molecule has 0 unspecified atom stereocenters. The molecule has 0 aromatic carbocycles. The van der Waals surface area contributed by atoms with Gasteiger partial charge < -0.3 is 13.9 Å². The van der Waals surface area contributed by atoms with Crippen molar-refractivity contribution in [1.82, 2.24) is 23.8 Å². The smallest absolute Gasteiger partial charge is 0.257 e. The number of carbonyl (C=O) groups is 1. The number of aryl methyl sites for hydroxylation is 1. The predicted octanol–water partition coefficient (Wildman–Crippen LogP) is 3.13. The van der Waals surface area contributed by atoms with E-state index in [1.165, 1.54) is 0 Å². The molecule has 160 valence electrons. The molecule has 1 fully saturated rings. The van der Waals surface area contributed by atoms with Gasteiger partial charge in [0.15, 0.2) is 0 Å². The van der Waals surface area contributed by atoms with E-state index in [1.54, 1.807) is 18.5 Å². The lowest BCUT2D eigenvalue weighted by molar-refractivity contribution is 0.0596. The first-order valence-corrected chi connectivity index (χ1v) is 11.0. The average molecular weight is 425 g/mol. The minimum absolute atomic E-state index is 0.00936. The molecule has 6 heterocycles. The summed E-state index contributed by atoms with van der Waals surface area (Å²) in [5.74, 6) is 0.417. The Balaban J connectivity index is 1.36. The second-order valence-electron chi connectivity index (χ2n) is 8.90. The molecule has 4 aromatic heterocycles. The molecule has 2 bridgehead atoms. The van der Waals surface area contributed by atoms with Crippen molar-refractivity contribution in [2.24, 2.45) is 5.92 Å². The number of rotatable bonds is 2. The number of carbonyl (C=O) groups excluding carboxylic acids is 1. The van der Waals surface area contributed by atoms with Crippen molar-refractivity contribution in [2.75, 3.05) is 13.1 Å². The van der Waals surface area contributed by atoms with Crippen LogP contribution >= 0.6 is 0 Å². The zero-order chi connectivity index (χ0) is 21.8. The quantitative estimate of drug-likeness (QED) is 0.495. The fraction of sp³-hybridized carbons (Fsp3) is 0.280. The maximum Gasteiger partial charge on any atom is 0.257 e. The van der Waals surface area contributed by atoms with Crippen LogP contribution in [0.25, 0.3) is 16.8 Å². The zero-order valence-electron chi connectivity index (χ0n) is 17.8. The molecule has 0 spiro atoms. The Hall–Kier alpha value is -3.74. The summed E-state index contributed by atoms with van der Waals surface area (Å²) in [6.07, 6.45) is 8.35. The number of hydrogen-bond donors (Lipinski definition) is 0. The minimum atomic E-state index is 0.00936. The normalized spacial score (nSPS) is 19.7. The number of likely N-dealkylation sites (tertiary alicyclic amines) is 1. The van der Waals surface area contributed by atoms with E-state index in [-0.39, 0.29) is 23.3 Å². The van der Waals surface area contributed by atoms with Gasteiger partial charge in [-0.15, -0.1) is 0 Å². The lowest BCUT2D eigenvalue weighted by atomic mass is 9.82. The van der Waals surface area contributed by atoms with Gasteiger partial charge in [0.25, 0.3) is 11.5 Å². The fourth-order valence-corrected chi connectivity index (χ4v) is 5.30. The van der Waals surface area contributed by atoms with E-state index >= 15 is 0 Å². The van der Waals surface area contributed by atoms with E-state index in [4.69, 9.17) is 0 Å². The number of nitrogens with zero attached hydrogens (tertiary/aromatic N) is 5. The largest absolute Gasteiger partial charge is 0.338 e. The molecule has 2 aliphatic rings. The number of imidazole rings is 1. The standard InChI is InChI=1S/C25H23N5O2/c1-16-12-28-7-3-5-21(24(28)27-16)25(32)29-13-17-8-20(15-29)22-9-19(10-23(31)30(22)14-17)18-4-2-6-26-11-18/h2-7,9-12,17,20H,8,13-15H2,1H3/t17-,20+/m0/s1. The Bertz CT molecular complexity index is 1410. The number of fused-ring (bicyclic) bond motifs is 5. The molecule has 0 saturated carbocycles. The molecule has 2 atom stereocenters. The molecule has 7 nitrogen and oxygen atoms in total. The molecule has 4 aromatic rings. The second kappa shape index (κ2) is 7.15. The van der Waals surface area contributed by atoms with E-state index in [0.29, 0.717) is 30.8 Å². The maximum atomic E-state index is 13.5. The van der Waals surface area contributed by atoms with Gasteiger partial charge in [-0.25, -0.2) is 4.98 Å². The van der Waals surface area contributed by atoms with Crippen molar-refractivity contribution in [3.05, 3.63) is 88.5 Å². The first kappa shape index (κ1) is 19.0. The maximum absolute atomic E-state index is 13.5. The van der Waals surface area contributed by atoms with Crippen LogP contribution in [0.3, 0.4) is 0 Å². The Labute approximate surface area is 185 Å². The highest BCUT2D eigenvalue weighted by Gasteiger charge is 2.37. The summed E-state index contributed by atoms with van der Waals surface area (Å²) in [5, 5.41) is 0. The minimum Gasteiger partial charge on any atom is -0.338 e. The van der Waals surface area contributed by atoms with Crippen LogP contribution in [0.15, 0.2) is 66.0 Å². The topological polar surface area (TPSA) is 72.5 Å². The SMILES string of the molecule is Cc1cn2cccc(C(=O)N3C[C@@H]4C[C@H](C3)c3cc(-c5cccnc5)cc(=O)n3C4)c2n1. The highest BCUT2D eigenvalue weighted by Crippen LogP contribution is 2.37. The van der Waals surface area contributed by atoms with E-state index in [9.17, 15) is 9.59 Å². The van der Waals surface area contributed by atoms with Crippen LogP contribution in [0.2, 0.25) is 0 Å². The fourth-order valence-electron chi connectivity index (χ4n) is 5.30. The van der Waals surface area contributed by atoms with E-state index in [1.807, 2.05) is 57.5 Å². The van der Waals surface area contributed by atoms with Crippen molar-refractivity contribution in [3.8, 4) is 11.1 Å². The van der Waals surface area contributed by atoms with Crippen LogP contribution in [-0.4, -0.2) is 42.8 Å². The van der Waals surface area contributed by atoms with Crippen molar-refractivity contribution in [2.45, 2.75) is 25.8 Å². The highest BCUT2D eigenvalue weighted by molar-refractivity contribution is 6.00. The lowest BCUT2D eigenvalue weighted by Crippen LogP contribution is -2.49. The van der Waals surface area contributed by atoms with Gasteiger partial charge in [0.2, 0.25) is 0 Å². The number of pyridine rings is 3. The summed E-state index contributed by atoms with van der Waals surface area (Å²) in [4.78, 5) is 37.1. The lowest BCUT2D eigenvalue weighted by Gasteiger charge is -2.43. The van der Waals surface area contributed by atoms with Gasteiger partial charge in [-0.2, -0.15) is 0 Å². The van der Waals surface area contributed by atoms with E-state index in [2.05, 4.69) is 16.0 Å². The van der Waals surface area contributed by atoms with Crippen LogP contribution in [0.1, 0.15) is 34.1 Å². The van der Waals surface area contributed by atoms with Gasteiger partial charge in [0.1, 0.15) is 5.65 Å². The van der Waals surface area contributed by atoms with Crippen LogP contribution in [0.5, 0.6) is 0 Å². The third-order valence-electron chi connectivity index (χ3n) is 6.67. The second-order valence-corrected chi connectivity index (χ2v) is 8.90. The van der Waals surface area contributed by atoms with Crippen molar-refractivity contribution >= 4 is 11.6 Å². The van der Waals surface area contributed by atoms with Crippen LogP contribution in [0, 0.1) is 12.8 Å². The number of aromatic nitrogens is 4. The molecule has 1 saturated heterocycles. The summed E-state index contributed by atoms with van der Waals surface area (Å²) >= 11 is 0. The average Bonchev–Trinajstić information content (AvgIpc) is 3.20. The van der Waals surface area contributed by atoms with Gasteiger partial charge in [0, 0.05) is 67.7 Å². The Morgan fingerprint density at radius 1 is 1.09 bits per heavy atom. The monoisotopic (exact) mass is 425 g/mol. The zero-order valence-corrected chi connectivity index (χ0v) is 17.8. The third-order valence-corrected chi connectivity index (χ3v) is 6.67. The number of hydrogen-bond acceptors (Lipinski definition) is 4. The van der Waals surface area contributed by atoms with Crippen LogP contribution < -0.4 is 5.56 Å². The molecule has 0 radical (unpaired) electrons. The molecule has 1 amide bonds. The molecule has 32 heavy (non-hydrogen) atoms. The summed E-state index contributed by atoms with van der Waals surface area (Å²) in [7, 11) is 0. The van der Waals surface area contributed by atoms with Crippen LogP contribution in [-0.2, 0) is 6.54 Å². The predicted molar refractivity (Wildman–Crippen MR) is 121 cm³/mol. The molecular weight excluding hydrogens is 402 g/mol. The molecule has 2 aliphatic heterocycles. The van der Waals surface area contributed by atoms with Crippen molar-refractivity contribution in [3.63, 3.8) is 0 Å². The van der Waals surface area contributed by atoms with Crippen molar-refractivity contribution in [1.29, 1.82) is 0 Å². The van der Waals surface area contributed by atoms with Gasteiger partial charge in [-0.3, -0.25) is 14.6 Å². The van der Waals surface area contributed by atoms with E-state index < -0.39 is 0 Å². The third kappa shape index (κ3) is 3.04. The number of piperidine rings is 1. The molecular formula is C25H23N5O2. The van der Waals surface area contributed by atoms with Crippen molar-refractivity contribution < 1.29 is 4.79 Å². The molecule has 7 heteroatoms. The van der Waals surface area contributed by atoms with Crippen LogP contribution in [0.4, 0.5) is 0 Å². The first-order chi connectivity index (χ1) is 15.6. The van der Waals surface area contributed by atoms with Gasteiger partial charge in [-0.1, -0.05) is 6.07 Å². The molecule has 6 rings (SSSR count). The summed E-state index contributed by atoms with van der Waals surface area (Å²) in [6, 6.07) is 11.4. The molecule has 0 N–H and O–H groups in total. The molecule has 0 aliphatic carbocycles. The highest BCUT2D eigenvalue weighted by atomic mass is 16.2. The Morgan fingerprint density at radius 2 is 2.00 bits per heavy atom. The van der Waals surface area contributed by atoms with E-state index in [0.717, 1.165) is 28.9 Å².